The monoisotopic (exact) mass is 239 g/mol. The molecule has 0 radical (unpaired) electrons. The molecular weight excluding hydrogens is 218 g/mol. The first-order chi connectivity index (χ1) is 7.69. The van der Waals surface area contributed by atoms with Crippen molar-refractivity contribution in [1.82, 2.24) is 10.3 Å². The van der Waals surface area contributed by atoms with E-state index in [1.54, 1.807) is 0 Å². The van der Waals surface area contributed by atoms with Gasteiger partial charge >= 0.3 is 0 Å². The summed E-state index contributed by atoms with van der Waals surface area (Å²) in [5, 5.41) is 3.12. The van der Waals surface area contributed by atoms with E-state index in [9.17, 15) is 0 Å². The minimum absolute atomic E-state index is 0.512. The Hall–Kier alpha value is -0.740. The summed E-state index contributed by atoms with van der Waals surface area (Å²) < 4.78 is 0. The summed E-state index contributed by atoms with van der Waals surface area (Å²) in [7, 11) is 4.04. The van der Waals surface area contributed by atoms with E-state index in [1.165, 1.54) is 5.56 Å². The van der Waals surface area contributed by atoms with Crippen molar-refractivity contribution in [2.75, 3.05) is 31.0 Å². The SMILES string of the molecule is CNCc1ccc(N(C)C(C)CSC)nc1. The standard InChI is InChI=1S/C12H21N3S/c1-10(9-16-4)15(3)12-6-5-11(7-13-2)8-14-12/h5-6,8,10,13H,7,9H2,1-4H3. The number of nitrogens with one attached hydrogen (secondary N) is 1. The molecule has 1 rings (SSSR count). The molecule has 0 saturated carbocycles. The summed E-state index contributed by atoms with van der Waals surface area (Å²) in [4.78, 5) is 6.70. The molecule has 0 aliphatic carbocycles. The average Bonchev–Trinajstić information content (AvgIpc) is 2.30. The predicted molar refractivity (Wildman–Crippen MR) is 73.2 cm³/mol. The molecule has 0 aliphatic heterocycles. The number of nitrogens with zero attached hydrogens (tertiary/aromatic N) is 2. The minimum atomic E-state index is 0.512. The van der Waals surface area contributed by atoms with Crippen LogP contribution in [0.3, 0.4) is 0 Å². The van der Waals surface area contributed by atoms with Gasteiger partial charge in [0.15, 0.2) is 0 Å². The molecule has 1 unspecified atom stereocenters. The van der Waals surface area contributed by atoms with E-state index in [4.69, 9.17) is 0 Å². The fourth-order valence-electron chi connectivity index (χ4n) is 1.51. The molecule has 3 nitrogen and oxygen atoms in total. The molecule has 0 spiro atoms. The summed E-state index contributed by atoms with van der Waals surface area (Å²) in [5.41, 5.74) is 1.22. The van der Waals surface area contributed by atoms with Gasteiger partial charge < -0.3 is 10.2 Å². The zero-order valence-electron chi connectivity index (χ0n) is 10.5. The molecule has 0 saturated heterocycles. The van der Waals surface area contributed by atoms with Crippen LogP contribution in [0.1, 0.15) is 12.5 Å². The van der Waals surface area contributed by atoms with Crippen LogP contribution in [0.4, 0.5) is 5.82 Å². The normalized spacial score (nSPS) is 12.5. The lowest BCUT2D eigenvalue weighted by Crippen LogP contribution is -2.31. The highest BCUT2D eigenvalue weighted by Gasteiger charge is 2.09. The van der Waals surface area contributed by atoms with Crippen molar-refractivity contribution in [3.05, 3.63) is 23.9 Å². The summed E-state index contributed by atoms with van der Waals surface area (Å²) in [5.74, 6) is 2.16. The third kappa shape index (κ3) is 3.68. The van der Waals surface area contributed by atoms with Crippen molar-refractivity contribution in [3.63, 3.8) is 0 Å². The second-order valence-electron chi connectivity index (χ2n) is 3.97. The first kappa shape index (κ1) is 13.3. The Morgan fingerprint density at radius 3 is 2.75 bits per heavy atom. The summed E-state index contributed by atoms with van der Waals surface area (Å²) >= 11 is 1.86. The smallest absolute Gasteiger partial charge is 0.128 e. The molecule has 1 heterocycles. The maximum atomic E-state index is 4.48. The third-order valence-electron chi connectivity index (χ3n) is 2.62. The van der Waals surface area contributed by atoms with Crippen molar-refractivity contribution < 1.29 is 0 Å². The maximum absolute atomic E-state index is 4.48. The zero-order valence-corrected chi connectivity index (χ0v) is 11.3. The number of rotatable bonds is 6. The minimum Gasteiger partial charge on any atom is -0.356 e. The van der Waals surface area contributed by atoms with Crippen LogP contribution in [0, 0.1) is 0 Å². The van der Waals surface area contributed by atoms with Gasteiger partial charge in [0.05, 0.1) is 0 Å². The number of thioether (sulfide) groups is 1. The molecule has 0 bridgehead atoms. The van der Waals surface area contributed by atoms with Crippen LogP contribution < -0.4 is 10.2 Å². The van der Waals surface area contributed by atoms with Crippen LogP contribution in [0.25, 0.3) is 0 Å². The molecule has 90 valence electrons. The van der Waals surface area contributed by atoms with Gasteiger partial charge in [-0.15, -0.1) is 0 Å². The lowest BCUT2D eigenvalue weighted by molar-refractivity contribution is 0.750. The van der Waals surface area contributed by atoms with Gasteiger partial charge in [0.1, 0.15) is 5.82 Å². The fourth-order valence-corrected chi connectivity index (χ4v) is 2.22. The van der Waals surface area contributed by atoms with E-state index < -0.39 is 0 Å². The van der Waals surface area contributed by atoms with Gasteiger partial charge in [0, 0.05) is 31.6 Å². The summed E-state index contributed by atoms with van der Waals surface area (Å²) in [6, 6.07) is 4.72. The quantitative estimate of drug-likeness (QED) is 0.822. The van der Waals surface area contributed by atoms with Gasteiger partial charge in [0.2, 0.25) is 0 Å². The van der Waals surface area contributed by atoms with E-state index in [1.807, 2.05) is 25.0 Å². The van der Waals surface area contributed by atoms with Crippen LogP contribution in [-0.2, 0) is 6.54 Å². The van der Waals surface area contributed by atoms with E-state index >= 15 is 0 Å². The van der Waals surface area contributed by atoms with Crippen molar-refractivity contribution in [2.45, 2.75) is 19.5 Å². The van der Waals surface area contributed by atoms with E-state index in [0.717, 1.165) is 18.1 Å². The second-order valence-corrected chi connectivity index (χ2v) is 4.88. The van der Waals surface area contributed by atoms with E-state index in [-0.39, 0.29) is 0 Å². The lowest BCUT2D eigenvalue weighted by Gasteiger charge is -2.25. The Labute approximate surface area is 103 Å². The van der Waals surface area contributed by atoms with Gasteiger partial charge in [-0.05, 0) is 31.9 Å². The number of aromatic nitrogens is 1. The third-order valence-corrected chi connectivity index (χ3v) is 3.44. The van der Waals surface area contributed by atoms with Crippen molar-refractivity contribution in [2.24, 2.45) is 0 Å². The Kier molecular flexibility index (Phi) is 5.63. The van der Waals surface area contributed by atoms with Gasteiger partial charge in [-0.1, -0.05) is 6.07 Å². The molecular formula is C12H21N3S. The van der Waals surface area contributed by atoms with Gasteiger partial charge in [0.25, 0.3) is 0 Å². The van der Waals surface area contributed by atoms with Crippen LogP contribution in [0.15, 0.2) is 18.3 Å². The molecule has 0 amide bonds. The first-order valence-corrected chi connectivity index (χ1v) is 6.89. The van der Waals surface area contributed by atoms with Crippen molar-refractivity contribution >= 4 is 17.6 Å². The number of hydrogen-bond donors (Lipinski definition) is 1. The number of hydrogen-bond acceptors (Lipinski definition) is 4. The molecule has 1 aromatic heterocycles. The topological polar surface area (TPSA) is 28.2 Å². The predicted octanol–water partition coefficient (Wildman–Crippen LogP) is 1.99. The lowest BCUT2D eigenvalue weighted by atomic mass is 10.2. The molecule has 0 fully saturated rings. The molecule has 1 N–H and O–H groups in total. The number of anilines is 1. The molecule has 16 heavy (non-hydrogen) atoms. The van der Waals surface area contributed by atoms with E-state index in [2.05, 4.69) is 47.6 Å². The van der Waals surface area contributed by atoms with Crippen LogP contribution >= 0.6 is 11.8 Å². The summed E-state index contributed by atoms with van der Waals surface area (Å²) in [6.45, 7) is 3.09. The van der Waals surface area contributed by atoms with Gasteiger partial charge in [-0.25, -0.2) is 4.98 Å². The molecule has 1 aromatic rings. The zero-order chi connectivity index (χ0) is 12.0. The Balaban J connectivity index is 2.65. The van der Waals surface area contributed by atoms with E-state index in [0.29, 0.717) is 6.04 Å². The van der Waals surface area contributed by atoms with Crippen molar-refractivity contribution in [3.8, 4) is 0 Å². The largest absolute Gasteiger partial charge is 0.356 e. The molecule has 0 aliphatic rings. The van der Waals surface area contributed by atoms with Crippen LogP contribution in [0.5, 0.6) is 0 Å². The van der Waals surface area contributed by atoms with Crippen LogP contribution in [-0.4, -0.2) is 37.1 Å². The van der Waals surface area contributed by atoms with Gasteiger partial charge in [-0.3, -0.25) is 0 Å². The second kappa shape index (κ2) is 6.76. The average molecular weight is 239 g/mol. The highest BCUT2D eigenvalue weighted by atomic mass is 32.2. The van der Waals surface area contributed by atoms with Crippen LogP contribution in [0.2, 0.25) is 0 Å². The maximum Gasteiger partial charge on any atom is 0.128 e. The first-order valence-electron chi connectivity index (χ1n) is 5.50. The van der Waals surface area contributed by atoms with Crippen molar-refractivity contribution in [1.29, 1.82) is 0 Å². The Morgan fingerprint density at radius 1 is 1.50 bits per heavy atom. The number of pyridine rings is 1. The van der Waals surface area contributed by atoms with Gasteiger partial charge in [-0.2, -0.15) is 11.8 Å². The highest BCUT2D eigenvalue weighted by molar-refractivity contribution is 7.98. The molecule has 4 heteroatoms. The highest BCUT2D eigenvalue weighted by Crippen LogP contribution is 2.14. The Bertz CT molecular complexity index is 300. The molecule has 1 atom stereocenters. The molecule has 0 aromatic carbocycles. The fraction of sp³-hybridized carbons (Fsp3) is 0.583. The Morgan fingerprint density at radius 2 is 2.25 bits per heavy atom. The summed E-state index contributed by atoms with van der Waals surface area (Å²) in [6.07, 6.45) is 4.07.